The predicted molar refractivity (Wildman–Crippen MR) is 166 cm³/mol. The lowest BCUT2D eigenvalue weighted by atomic mass is 10.2. The maximum Gasteiger partial charge on any atom is 0.271 e. The number of ether oxygens (including phenoxy) is 2. The third-order valence-corrected chi connectivity index (χ3v) is 8.53. The molecule has 0 fully saturated rings. The average Bonchev–Trinajstić information content (AvgIpc) is 3.00. The molecule has 43 heavy (non-hydrogen) atoms. The largest absolute Gasteiger partial charge is 0.493 e. The maximum absolute atomic E-state index is 13.4. The van der Waals surface area contributed by atoms with Crippen LogP contribution in [0.2, 0.25) is 5.02 Å². The number of non-ortho nitro benzene ring substituents is 1. The Kier molecular flexibility index (Phi) is 10.3. The molecule has 0 spiro atoms. The monoisotopic (exact) mass is 686 g/mol. The molecule has 0 aromatic heterocycles. The summed E-state index contributed by atoms with van der Waals surface area (Å²) in [5, 5.41) is 15.9. The number of hydrazone groups is 1. The molecule has 11 nitrogen and oxygen atoms in total. The summed E-state index contributed by atoms with van der Waals surface area (Å²) >= 11 is 9.40. The maximum atomic E-state index is 13.4. The van der Waals surface area contributed by atoms with E-state index in [2.05, 4.69) is 26.5 Å². The van der Waals surface area contributed by atoms with Crippen molar-refractivity contribution in [2.75, 3.05) is 18.0 Å². The molecule has 1 amide bonds. The summed E-state index contributed by atoms with van der Waals surface area (Å²) < 4.78 is 39.6. The van der Waals surface area contributed by atoms with Crippen LogP contribution in [0.25, 0.3) is 0 Å². The van der Waals surface area contributed by atoms with E-state index in [0.29, 0.717) is 26.6 Å². The Morgan fingerprint density at radius 3 is 2.47 bits per heavy atom. The molecule has 14 heteroatoms. The van der Waals surface area contributed by atoms with Crippen LogP contribution in [0.5, 0.6) is 11.5 Å². The molecule has 222 valence electrons. The Morgan fingerprint density at radius 2 is 1.79 bits per heavy atom. The lowest BCUT2D eigenvalue weighted by molar-refractivity contribution is -0.384. The lowest BCUT2D eigenvalue weighted by Crippen LogP contribution is -2.39. The lowest BCUT2D eigenvalue weighted by Gasteiger charge is -2.23. The van der Waals surface area contributed by atoms with Crippen molar-refractivity contribution in [2.45, 2.75) is 11.5 Å². The van der Waals surface area contributed by atoms with Gasteiger partial charge in [-0.25, -0.2) is 13.8 Å². The number of anilines is 1. The fraction of sp³-hybridized carbons (Fsp3) is 0.103. The summed E-state index contributed by atoms with van der Waals surface area (Å²) in [7, 11) is -2.78. The molecule has 0 heterocycles. The van der Waals surface area contributed by atoms with Crippen LogP contribution in [0.3, 0.4) is 0 Å². The van der Waals surface area contributed by atoms with Crippen molar-refractivity contribution in [2.24, 2.45) is 5.10 Å². The SMILES string of the molecule is COc1cc(/C=N\NC(=O)CN(c2cccc([N+](=O)[O-])c2)S(=O)(=O)c2ccccc2)cc(Br)c1OCc1ccc(Cl)cc1. The first-order chi connectivity index (χ1) is 20.6. The quantitative estimate of drug-likeness (QED) is 0.110. The molecule has 0 aliphatic carbocycles. The Balaban J connectivity index is 1.50. The number of amides is 1. The van der Waals surface area contributed by atoms with Crippen molar-refractivity contribution in [1.29, 1.82) is 0 Å². The van der Waals surface area contributed by atoms with Crippen LogP contribution < -0.4 is 19.2 Å². The number of benzene rings is 4. The van der Waals surface area contributed by atoms with Gasteiger partial charge >= 0.3 is 0 Å². The number of halogens is 2. The van der Waals surface area contributed by atoms with Crippen molar-refractivity contribution < 1.29 is 27.6 Å². The standard InChI is InChI=1S/C29H24BrClN4O7S/c1-41-27-15-21(14-26(30)29(27)42-19-20-10-12-22(31)13-11-20)17-32-33-28(36)18-34(23-6-5-7-24(16-23)35(37)38)43(39,40)25-8-3-2-4-9-25/h2-17H,18-19H2,1H3,(H,33,36)/b32-17-. The molecule has 0 aliphatic heterocycles. The van der Waals surface area contributed by atoms with E-state index in [4.69, 9.17) is 21.1 Å². The number of nitrogens with one attached hydrogen (secondary N) is 1. The summed E-state index contributed by atoms with van der Waals surface area (Å²) in [6, 6.07) is 23.0. The van der Waals surface area contributed by atoms with Crippen molar-refractivity contribution >= 4 is 61.1 Å². The Bertz CT molecular complexity index is 1750. The van der Waals surface area contributed by atoms with Crippen LogP contribution in [0.1, 0.15) is 11.1 Å². The van der Waals surface area contributed by atoms with E-state index in [1.54, 1.807) is 30.3 Å². The van der Waals surface area contributed by atoms with Gasteiger partial charge in [-0.2, -0.15) is 5.10 Å². The second kappa shape index (κ2) is 14.1. The topological polar surface area (TPSA) is 140 Å². The van der Waals surface area contributed by atoms with Crippen LogP contribution in [0.4, 0.5) is 11.4 Å². The number of rotatable bonds is 12. The van der Waals surface area contributed by atoms with E-state index in [1.165, 1.54) is 55.8 Å². The van der Waals surface area contributed by atoms with Crippen LogP contribution >= 0.6 is 27.5 Å². The average molecular weight is 688 g/mol. The number of nitrogens with zero attached hydrogens (tertiary/aromatic N) is 3. The molecule has 4 aromatic rings. The normalized spacial score (nSPS) is 11.2. The van der Waals surface area contributed by atoms with E-state index in [9.17, 15) is 23.3 Å². The first kappa shape index (κ1) is 31.5. The third kappa shape index (κ3) is 8.09. The van der Waals surface area contributed by atoms with Crippen molar-refractivity contribution in [3.63, 3.8) is 0 Å². The second-order valence-corrected chi connectivity index (χ2v) is 12.0. The van der Waals surface area contributed by atoms with Crippen molar-refractivity contribution in [1.82, 2.24) is 5.43 Å². The van der Waals surface area contributed by atoms with Gasteiger partial charge in [-0.05, 0) is 69.5 Å². The number of hydrogen-bond donors (Lipinski definition) is 1. The number of carbonyl (C=O) groups excluding carboxylic acids is 1. The molecule has 0 saturated carbocycles. The van der Waals surface area contributed by atoms with Gasteiger partial charge in [-0.3, -0.25) is 19.2 Å². The zero-order chi connectivity index (χ0) is 31.0. The van der Waals surface area contributed by atoms with Gasteiger partial charge in [-0.1, -0.05) is 48.0 Å². The first-order valence-electron chi connectivity index (χ1n) is 12.5. The highest BCUT2D eigenvalue weighted by Gasteiger charge is 2.28. The first-order valence-corrected chi connectivity index (χ1v) is 15.1. The molecule has 0 saturated heterocycles. The fourth-order valence-corrected chi connectivity index (χ4v) is 5.97. The van der Waals surface area contributed by atoms with Crippen LogP contribution in [-0.4, -0.2) is 39.1 Å². The van der Waals surface area contributed by atoms with E-state index in [1.807, 2.05) is 12.1 Å². The van der Waals surface area contributed by atoms with Crippen molar-refractivity contribution in [3.8, 4) is 11.5 Å². The van der Waals surface area contributed by atoms with E-state index >= 15 is 0 Å². The third-order valence-electron chi connectivity index (χ3n) is 5.90. The van der Waals surface area contributed by atoms with E-state index in [-0.39, 0.29) is 22.9 Å². The van der Waals surface area contributed by atoms with Gasteiger partial charge in [0.1, 0.15) is 13.2 Å². The smallest absolute Gasteiger partial charge is 0.271 e. The molecule has 0 aliphatic rings. The molecule has 0 bridgehead atoms. The van der Waals surface area contributed by atoms with Gasteiger partial charge in [-0.15, -0.1) is 0 Å². The summed E-state index contributed by atoms with van der Waals surface area (Å²) in [5.74, 6) is 0.0791. The van der Waals surface area contributed by atoms with Gasteiger partial charge < -0.3 is 9.47 Å². The molecule has 4 rings (SSSR count). The molecule has 1 N–H and O–H groups in total. The summed E-state index contributed by atoms with van der Waals surface area (Å²) in [5.41, 5.74) is 3.36. The van der Waals surface area contributed by atoms with Crippen LogP contribution in [-0.2, 0) is 21.4 Å². The minimum Gasteiger partial charge on any atom is -0.493 e. The number of carbonyl (C=O) groups is 1. The molecular formula is C29H24BrClN4O7S. The second-order valence-electron chi connectivity index (χ2n) is 8.84. The van der Waals surface area contributed by atoms with Gasteiger partial charge in [0, 0.05) is 17.2 Å². The summed E-state index contributed by atoms with van der Waals surface area (Å²) in [6.07, 6.45) is 1.34. The highest BCUT2D eigenvalue weighted by atomic mass is 79.9. The highest BCUT2D eigenvalue weighted by molar-refractivity contribution is 9.10. The number of nitro benzene ring substituents is 1. The van der Waals surface area contributed by atoms with Crippen molar-refractivity contribution in [3.05, 3.63) is 122 Å². The molecule has 0 unspecified atom stereocenters. The van der Waals surface area contributed by atoms with E-state index < -0.39 is 27.4 Å². The number of methoxy groups -OCH3 is 1. The van der Waals surface area contributed by atoms with Gasteiger partial charge in [0.15, 0.2) is 11.5 Å². The molecule has 0 atom stereocenters. The Morgan fingerprint density at radius 1 is 1.07 bits per heavy atom. The molecular weight excluding hydrogens is 664 g/mol. The predicted octanol–water partition coefficient (Wildman–Crippen LogP) is 5.94. The fourth-order valence-electron chi connectivity index (χ4n) is 3.83. The van der Waals surface area contributed by atoms with Gasteiger partial charge in [0.25, 0.3) is 21.6 Å². The zero-order valence-electron chi connectivity index (χ0n) is 22.5. The summed E-state index contributed by atoms with van der Waals surface area (Å²) in [4.78, 5) is 23.4. The highest BCUT2D eigenvalue weighted by Crippen LogP contribution is 2.37. The number of nitro groups is 1. The van der Waals surface area contributed by atoms with Gasteiger partial charge in [0.2, 0.25) is 0 Å². The molecule has 0 radical (unpaired) electrons. The Hall–Kier alpha value is -4.46. The minimum atomic E-state index is -4.26. The zero-order valence-corrected chi connectivity index (χ0v) is 25.7. The molecule has 4 aromatic carbocycles. The summed E-state index contributed by atoms with van der Waals surface area (Å²) in [6.45, 7) is -0.428. The van der Waals surface area contributed by atoms with Crippen LogP contribution in [0, 0.1) is 10.1 Å². The minimum absolute atomic E-state index is 0.0555. The van der Waals surface area contributed by atoms with Crippen LogP contribution in [0.15, 0.2) is 105 Å². The number of hydrogen-bond acceptors (Lipinski definition) is 8. The van der Waals surface area contributed by atoms with E-state index in [0.717, 1.165) is 15.9 Å². The number of sulfonamides is 1. The van der Waals surface area contributed by atoms with Gasteiger partial charge in [0.05, 0.1) is 33.3 Å². The Labute approximate surface area is 261 Å².